The van der Waals surface area contributed by atoms with Crippen LogP contribution < -0.4 is 0 Å². The van der Waals surface area contributed by atoms with Crippen molar-refractivity contribution in [3.8, 4) is 67.4 Å². The van der Waals surface area contributed by atoms with E-state index in [9.17, 15) is 0 Å². The summed E-state index contributed by atoms with van der Waals surface area (Å²) in [6, 6.07) is 50.9. The van der Waals surface area contributed by atoms with Gasteiger partial charge in [-0.1, -0.05) is 172 Å². The molecule has 290 valence electrons. The quantitative estimate of drug-likeness (QED) is 0.137. The summed E-state index contributed by atoms with van der Waals surface area (Å²) in [4.78, 5) is 19.0. The molecule has 0 atom stereocenters. The Morgan fingerprint density at radius 3 is 0.983 bits per heavy atom. The van der Waals surface area contributed by atoms with Crippen molar-refractivity contribution in [2.45, 2.75) is 39.3 Å². The number of fused-ring (bicyclic) bond motifs is 8. The maximum absolute atomic E-state index is 5.78. The van der Waals surface area contributed by atoms with E-state index in [0.29, 0.717) is 0 Å². The van der Waals surface area contributed by atoms with Crippen LogP contribution in [0.5, 0.6) is 0 Å². The van der Waals surface area contributed by atoms with Gasteiger partial charge < -0.3 is 9.97 Å². The molecule has 5 heterocycles. The minimum absolute atomic E-state index is 0.814. The molecule has 8 bridgehead atoms. The molecular weight excluding hydrogens is 761 g/mol. The number of hydrogen-bond donors (Lipinski definition) is 2. The van der Waals surface area contributed by atoms with Crippen molar-refractivity contribution in [1.29, 1.82) is 0 Å². The van der Waals surface area contributed by atoms with E-state index in [2.05, 4.69) is 230 Å². The summed E-state index contributed by atoms with van der Waals surface area (Å²) in [5.41, 5.74) is 24.6. The molecule has 3 aromatic heterocycles. The molecule has 0 aliphatic carbocycles. The Balaban J connectivity index is 1.57. The normalized spacial score (nSPS) is 12.4. The molecule has 6 heteroatoms. The first-order chi connectivity index (χ1) is 29.0. The fourth-order valence-corrected chi connectivity index (χ4v) is 8.72. The van der Waals surface area contributed by atoms with Crippen molar-refractivity contribution in [2.24, 2.45) is 0 Å². The van der Waals surface area contributed by atoms with Crippen molar-refractivity contribution in [2.75, 3.05) is 0 Å². The molecule has 2 N–H and O–H groups in total. The van der Waals surface area contributed by atoms with Crippen molar-refractivity contribution >= 4 is 61.5 Å². The molecule has 9 rings (SSSR count). The van der Waals surface area contributed by atoms with Gasteiger partial charge in [-0.05, 0) is 58.7 Å². The Morgan fingerprint density at radius 2 is 0.667 bits per heavy atom. The lowest BCUT2D eigenvalue weighted by atomic mass is 9.95. The molecule has 0 amide bonds. The predicted molar refractivity (Wildman–Crippen MR) is 261 cm³/mol. The van der Waals surface area contributed by atoms with Gasteiger partial charge in [-0.2, -0.15) is 0 Å². The summed E-state index contributed by atoms with van der Waals surface area (Å²) in [6.07, 6.45) is 4.29. The number of aromatic nitrogens is 4. The zero-order valence-corrected chi connectivity index (χ0v) is 36.9. The Labute approximate surface area is 354 Å². The maximum atomic E-state index is 5.78. The van der Waals surface area contributed by atoms with E-state index < -0.39 is 16.1 Å². The number of nitrogens with one attached hydrogen (secondary N) is 2. The minimum atomic E-state index is -1.87. The molecule has 0 fully saturated rings. The van der Waals surface area contributed by atoms with Gasteiger partial charge >= 0.3 is 0 Å². The molecule has 0 saturated heterocycles. The van der Waals surface area contributed by atoms with E-state index in [-0.39, 0.29) is 0 Å². The van der Waals surface area contributed by atoms with Crippen LogP contribution in [0.1, 0.15) is 22.8 Å². The van der Waals surface area contributed by atoms with Crippen LogP contribution in [0.2, 0.25) is 39.3 Å². The number of nitrogens with zero attached hydrogens (tertiary/aromatic N) is 2. The highest BCUT2D eigenvalue weighted by Gasteiger charge is 2.27. The van der Waals surface area contributed by atoms with Gasteiger partial charge in [0.25, 0.3) is 0 Å². The summed E-state index contributed by atoms with van der Waals surface area (Å²) < 4.78 is 0. The van der Waals surface area contributed by atoms with Gasteiger partial charge in [-0.15, -0.1) is 11.1 Å². The zero-order chi connectivity index (χ0) is 41.4. The average molecular weight is 807 g/mol. The molecule has 2 aliphatic heterocycles. The van der Waals surface area contributed by atoms with Crippen molar-refractivity contribution in [3.63, 3.8) is 0 Å². The highest BCUT2D eigenvalue weighted by atomic mass is 28.3. The molecule has 7 aromatic rings. The summed E-state index contributed by atoms with van der Waals surface area (Å²) >= 11 is 0. The van der Waals surface area contributed by atoms with Gasteiger partial charge in [0.2, 0.25) is 0 Å². The van der Waals surface area contributed by atoms with E-state index in [1.54, 1.807) is 0 Å². The van der Waals surface area contributed by atoms with Gasteiger partial charge in [0.15, 0.2) is 0 Å². The second-order valence-electron chi connectivity index (χ2n) is 17.3. The number of benzene rings is 4. The number of hydrogen-bond acceptors (Lipinski definition) is 2. The second-order valence-corrected chi connectivity index (χ2v) is 26.8. The molecule has 0 saturated carbocycles. The van der Waals surface area contributed by atoms with Crippen molar-refractivity contribution in [1.82, 2.24) is 19.9 Å². The molecular formula is C54H46N4Si2. The number of H-pyrrole nitrogens is 2. The van der Waals surface area contributed by atoms with Crippen molar-refractivity contribution in [3.05, 3.63) is 168 Å². The summed E-state index contributed by atoms with van der Waals surface area (Å²) in [5, 5.41) is 0. The van der Waals surface area contributed by atoms with E-state index >= 15 is 0 Å². The first kappa shape index (κ1) is 38.5. The minimum Gasteiger partial charge on any atom is -0.354 e. The third-order valence-electron chi connectivity index (χ3n) is 10.4. The Kier molecular flexibility index (Phi) is 10.1. The highest BCUT2D eigenvalue weighted by molar-refractivity contribution is 6.84. The lowest BCUT2D eigenvalue weighted by Gasteiger charge is -2.09. The van der Waals surface area contributed by atoms with Gasteiger partial charge in [0.1, 0.15) is 16.1 Å². The lowest BCUT2D eigenvalue weighted by Crippen LogP contribution is -2.16. The SMILES string of the molecule is C[Si](C)(C)C#CC1=C(C#C[Si](C)(C)C)c2nc1c(-c1ccccc1)c1ccc([nH]1)c(-c1ccccc1)c1nc(c(-c3ccccc3)c3ccc([nH]3)c2-c2ccccc2)C=C1. The molecule has 0 unspecified atom stereocenters. The largest absolute Gasteiger partial charge is 0.354 e. The molecule has 4 aromatic carbocycles. The predicted octanol–water partition coefficient (Wildman–Crippen LogP) is 13.8. The highest BCUT2D eigenvalue weighted by Crippen LogP contribution is 2.43. The molecule has 0 spiro atoms. The Morgan fingerprint density at radius 1 is 0.367 bits per heavy atom. The van der Waals surface area contributed by atoms with Crippen LogP contribution in [0.4, 0.5) is 0 Å². The number of allylic oxidation sites excluding steroid dienone is 2. The van der Waals surface area contributed by atoms with E-state index in [0.717, 1.165) is 100 Å². The third kappa shape index (κ3) is 7.79. The van der Waals surface area contributed by atoms with Crippen molar-refractivity contribution < 1.29 is 0 Å². The van der Waals surface area contributed by atoms with Crippen LogP contribution in [0.15, 0.2) is 146 Å². The van der Waals surface area contributed by atoms with E-state index in [1.807, 2.05) is 0 Å². The van der Waals surface area contributed by atoms with Gasteiger partial charge in [-0.3, -0.25) is 0 Å². The average Bonchev–Trinajstić information content (AvgIpc) is 4.07. The monoisotopic (exact) mass is 806 g/mol. The second kappa shape index (κ2) is 15.7. The van der Waals surface area contributed by atoms with Gasteiger partial charge in [-0.25, -0.2) is 9.97 Å². The third-order valence-corrected chi connectivity index (χ3v) is 12.1. The van der Waals surface area contributed by atoms with Gasteiger partial charge in [0, 0.05) is 44.3 Å². The Hall–Kier alpha value is -6.97. The molecule has 0 radical (unpaired) electrons. The number of rotatable bonds is 4. The van der Waals surface area contributed by atoms with E-state index in [1.165, 1.54) is 0 Å². The first-order valence-corrected chi connectivity index (χ1v) is 27.5. The van der Waals surface area contributed by atoms with Crippen LogP contribution in [-0.4, -0.2) is 36.1 Å². The Bertz CT molecular complexity index is 2930. The smallest absolute Gasteiger partial charge is 0.129 e. The van der Waals surface area contributed by atoms with Crippen LogP contribution in [-0.2, 0) is 0 Å². The van der Waals surface area contributed by atoms with Crippen LogP contribution in [0.3, 0.4) is 0 Å². The molecule has 60 heavy (non-hydrogen) atoms. The van der Waals surface area contributed by atoms with E-state index in [4.69, 9.17) is 9.97 Å². The fraction of sp³-hybridized carbons (Fsp3) is 0.111. The standard InChI is InChI=1S/C54H46N4Si2/c1-59(2,3)35-33-41-42(34-36-60(4,5)6)54-52(40-25-17-10-18-26-40)48-32-30-46(57-48)50(38-21-13-8-14-22-38)44-28-27-43(55-44)49(37-19-11-7-12-20-37)45-29-31-47(56-45)51(53(41)58-54)39-23-15-9-16-24-39/h7-32,56-57H,1-6H3. The van der Waals surface area contributed by atoms with Crippen LogP contribution in [0, 0.1) is 22.9 Å². The zero-order valence-electron chi connectivity index (χ0n) is 34.9. The van der Waals surface area contributed by atoms with Crippen LogP contribution >= 0.6 is 0 Å². The van der Waals surface area contributed by atoms with Crippen LogP contribution in [0.25, 0.3) is 89.9 Å². The molecule has 2 aliphatic rings. The first-order valence-electron chi connectivity index (χ1n) is 20.5. The summed E-state index contributed by atoms with van der Waals surface area (Å²) in [7, 11) is -3.73. The van der Waals surface area contributed by atoms with Gasteiger partial charge in [0.05, 0.1) is 33.9 Å². The summed E-state index contributed by atoms with van der Waals surface area (Å²) in [5.74, 6) is 7.53. The summed E-state index contributed by atoms with van der Waals surface area (Å²) in [6.45, 7) is 13.7. The fourth-order valence-electron chi connectivity index (χ4n) is 7.72. The number of aromatic amines is 2. The lowest BCUT2D eigenvalue weighted by molar-refractivity contribution is 1.30. The molecule has 4 nitrogen and oxygen atoms in total. The topological polar surface area (TPSA) is 57.4 Å². The maximum Gasteiger partial charge on any atom is 0.129 e.